The van der Waals surface area contributed by atoms with Gasteiger partial charge in [-0.25, -0.2) is 4.79 Å². The van der Waals surface area contributed by atoms with Crippen LogP contribution in [0, 0.1) is 6.92 Å². The van der Waals surface area contributed by atoms with Crippen LogP contribution >= 0.6 is 0 Å². The van der Waals surface area contributed by atoms with Crippen molar-refractivity contribution in [3.63, 3.8) is 0 Å². The molecule has 0 bridgehead atoms. The molecule has 0 spiro atoms. The molecule has 5 heteroatoms. The van der Waals surface area contributed by atoms with Gasteiger partial charge < -0.3 is 15.2 Å². The van der Waals surface area contributed by atoms with Crippen LogP contribution < -0.4 is 5.32 Å². The van der Waals surface area contributed by atoms with Crippen LogP contribution in [0.15, 0.2) is 24.3 Å². The van der Waals surface area contributed by atoms with Crippen LogP contribution in [-0.2, 0) is 20.7 Å². The lowest BCUT2D eigenvalue weighted by Gasteiger charge is -2.11. The maximum atomic E-state index is 11.6. The monoisotopic (exact) mass is 265 g/mol. The highest BCUT2D eigenvalue weighted by Crippen LogP contribution is 2.06. The third-order valence-electron chi connectivity index (χ3n) is 2.77. The smallest absolute Gasteiger partial charge is 0.334 e. The third-order valence-corrected chi connectivity index (χ3v) is 2.77. The van der Waals surface area contributed by atoms with Gasteiger partial charge in [0.15, 0.2) is 6.10 Å². The topological polar surface area (TPSA) is 75.6 Å². The van der Waals surface area contributed by atoms with Gasteiger partial charge in [-0.15, -0.1) is 0 Å². The Kier molecular flexibility index (Phi) is 6.02. The Hall–Kier alpha value is -1.88. The molecule has 0 aliphatic rings. The van der Waals surface area contributed by atoms with Gasteiger partial charge >= 0.3 is 5.97 Å². The Morgan fingerprint density at radius 1 is 1.42 bits per heavy atom. The molecule has 104 valence electrons. The molecule has 1 aromatic carbocycles. The lowest BCUT2D eigenvalue weighted by molar-refractivity contribution is -0.148. The van der Waals surface area contributed by atoms with E-state index in [1.165, 1.54) is 7.11 Å². The lowest BCUT2D eigenvalue weighted by Crippen LogP contribution is -2.37. The molecule has 1 rings (SSSR count). The predicted octanol–water partition coefficient (Wildman–Crippen LogP) is 1.14. The second kappa shape index (κ2) is 7.53. The number of carbonyl (C=O) groups excluding carboxylic acids is 1. The van der Waals surface area contributed by atoms with Crippen LogP contribution in [0.1, 0.15) is 17.5 Å². The second-order valence-electron chi connectivity index (χ2n) is 4.36. The van der Waals surface area contributed by atoms with Crippen LogP contribution in [-0.4, -0.2) is 36.7 Å². The summed E-state index contributed by atoms with van der Waals surface area (Å²) in [6, 6.07) is 7.95. The molecule has 1 amide bonds. The molecule has 0 fully saturated rings. The number of aliphatic carboxylic acids is 1. The van der Waals surface area contributed by atoms with Gasteiger partial charge in [0.1, 0.15) is 0 Å². The third kappa shape index (κ3) is 5.52. The van der Waals surface area contributed by atoms with Gasteiger partial charge in [0.25, 0.3) is 0 Å². The van der Waals surface area contributed by atoms with Crippen LogP contribution in [0.25, 0.3) is 0 Å². The van der Waals surface area contributed by atoms with Gasteiger partial charge in [-0.05, 0) is 18.9 Å². The van der Waals surface area contributed by atoms with E-state index in [1.54, 1.807) is 0 Å². The number of rotatable bonds is 7. The number of amides is 1. The number of ether oxygens (including phenoxy) is 1. The zero-order valence-electron chi connectivity index (χ0n) is 11.2. The minimum atomic E-state index is -1.08. The van der Waals surface area contributed by atoms with Crippen LogP contribution in [0.3, 0.4) is 0 Å². The maximum Gasteiger partial charge on any atom is 0.334 e. The van der Waals surface area contributed by atoms with E-state index in [4.69, 9.17) is 9.84 Å². The number of aryl methyl sites for hydroxylation is 2. The van der Waals surface area contributed by atoms with Crippen molar-refractivity contribution in [3.8, 4) is 0 Å². The van der Waals surface area contributed by atoms with E-state index in [2.05, 4.69) is 5.32 Å². The average molecular weight is 265 g/mol. The highest BCUT2D eigenvalue weighted by molar-refractivity contribution is 5.78. The van der Waals surface area contributed by atoms with E-state index >= 15 is 0 Å². The average Bonchev–Trinajstić information content (AvgIpc) is 2.37. The van der Waals surface area contributed by atoms with Gasteiger partial charge in [0.2, 0.25) is 5.91 Å². The molecule has 1 atom stereocenters. The molecular formula is C14H19NO4. The highest BCUT2D eigenvalue weighted by Gasteiger charge is 2.16. The predicted molar refractivity (Wildman–Crippen MR) is 70.9 cm³/mol. The molecule has 0 aliphatic heterocycles. The number of methoxy groups -OCH3 is 1. The Balaban J connectivity index is 2.34. The molecular weight excluding hydrogens is 246 g/mol. The fraction of sp³-hybridized carbons (Fsp3) is 0.429. The first-order chi connectivity index (χ1) is 9.02. The zero-order valence-corrected chi connectivity index (χ0v) is 11.2. The van der Waals surface area contributed by atoms with E-state index in [0.29, 0.717) is 12.8 Å². The fourth-order valence-electron chi connectivity index (χ4n) is 1.69. The van der Waals surface area contributed by atoms with Crippen molar-refractivity contribution in [2.45, 2.75) is 25.9 Å². The summed E-state index contributed by atoms with van der Waals surface area (Å²) in [7, 11) is 1.30. The van der Waals surface area contributed by atoms with Crippen LogP contribution in [0.4, 0.5) is 0 Å². The Labute approximate surface area is 112 Å². The van der Waals surface area contributed by atoms with Gasteiger partial charge in [-0.2, -0.15) is 0 Å². The Morgan fingerprint density at radius 2 is 2.16 bits per heavy atom. The summed E-state index contributed by atoms with van der Waals surface area (Å²) < 4.78 is 4.73. The summed E-state index contributed by atoms with van der Waals surface area (Å²) in [6.07, 6.45) is -0.0273. The highest BCUT2D eigenvalue weighted by atomic mass is 16.5. The van der Waals surface area contributed by atoms with E-state index in [9.17, 15) is 9.59 Å². The maximum absolute atomic E-state index is 11.6. The largest absolute Gasteiger partial charge is 0.479 e. The van der Waals surface area contributed by atoms with E-state index in [-0.39, 0.29) is 12.5 Å². The second-order valence-corrected chi connectivity index (χ2v) is 4.36. The van der Waals surface area contributed by atoms with Gasteiger partial charge in [0.05, 0.1) is 6.54 Å². The van der Waals surface area contributed by atoms with Crippen LogP contribution in [0.2, 0.25) is 0 Å². The minimum absolute atomic E-state index is 0.0154. The summed E-state index contributed by atoms with van der Waals surface area (Å²) in [5.74, 6) is -1.26. The fourth-order valence-corrected chi connectivity index (χ4v) is 1.69. The number of carboxylic acids is 1. The number of benzene rings is 1. The molecule has 0 saturated carbocycles. The molecule has 1 aromatic rings. The van der Waals surface area contributed by atoms with Gasteiger partial charge in [-0.1, -0.05) is 29.8 Å². The lowest BCUT2D eigenvalue weighted by atomic mass is 10.1. The molecule has 0 aliphatic carbocycles. The first-order valence-corrected chi connectivity index (χ1v) is 6.10. The quantitative estimate of drug-likeness (QED) is 0.775. The molecule has 19 heavy (non-hydrogen) atoms. The summed E-state index contributed by atoms with van der Waals surface area (Å²) >= 11 is 0. The van der Waals surface area contributed by atoms with E-state index < -0.39 is 12.1 Å². The molecule has 0 saturated heterocycles. The number of hydrogen-bond donors (Lipinski definition) is 2. The molecule has 5 nitrogen and oxygen atoms in total. The zero-order chi connectivity index (χ0) is 14.3. The van der Waals surface area contributed by atoms with Crippen LogP contribution in [0.5, 0.6) is 0 Å². The van der Waals surface area contributed by atoms with Crippen molar-refractivity contribution in [1.29, 1.82) is 0 Å². The summed E-state index contributed by atoms with van der Waals surface area (Å²) in [6.45, 7) is 1.98. The summed E-state index contributed by atoms with van der Waals surface area (Å²) in [5, 5.41) is 11.3. The first-order valence-electron chi connectivity index (χ1n) is 6.10. The van der Waals surface area contributed by atoms with Crippen molar-refractivity contribution in [3.05, 3.63) is 35.4 Å². The van der Waals surface area contributed by atoms with Crippen molar-refractivity contribution >= 4 is 11.9 Å². The normalized spacial score (nSPS) is 11.9. The van der Waals surface area contributed by atoms with E-state index in [0.717, 1.165) is 11.1 Å². The number of carbonyl (C=O) groups is 2. The number of nitrogens with one attached hydrogen (secondary N) is 1. The first kappa shape index (κ1) is 15.2. The molecule has 0 radical (unpaired) electrons. The Bertz CT molecular complexity index is 445. The Morgan fingerprint density at radius 3 is 2.74 bits per heavy atom. The number of hydrogen-bond acceptors (Lipinski definition) is 3. The van der Waals surface area contributed by atoms with Crippen molar-refractivity contribution in [1.82, 2.24) is 5.32 Å². The molecule has 1 unspecified atom stereocenters. The van der Waals surface area contributed by atoms with Gasteiger partial charge in [-0.3, -0.25) is 4.79 Å². The van der Waals surface area contributed by atoms with Crippen molar-refractivity contribution in [2.75, 3.05) is 13.7 Å². The van der Waals surface area contributed by atoms with Crippen molar-refractivity contribution in [2.24, 2.45) is 0 Å². The number of carboxylic acid groups (broad SMARTS) is 1. The van der Waals surface area contributed by atoms with E-state index in [1.807, 2.05) is 31.2 Å². The van der Waals surface area contributed by atoms with Crippen molar-refractivity contribution < 1.29 is 19.4 Å². The van der Waals surface area contributed by atoms with Gasteiger partial charge in [0, 0.05) is 13.5 Å². The standard InChI is InChI=1S/C14H19NO4/c1-10-4-3-5-11(8-10)6-7-13(16)15-9-12(19-2)14(17)18/h3-5,8,12H,6-7,9H2,1-2H3,(H,15,16)(H,17,18). The SMILES string of the molecule is COC(CNC(=O)CCc1cccc(C)c1)C(=O)O. The minimum Gasteiger partial charge on any atom is -0.479 e. The molecule has 0 aromatic heterocycles. The summed E-state index contributed by atoms with van der Waals surface area (Å²) in [5.41, 5.74) is 2.25. The summed E-state index contributed by atoms with van der Waals surface area (Å²) in [4.78, 5) is 22.3. The molecule has 2 N–H and O–H groups in total. The molecule has 0 heterocycles.